The molecule has 0 spiro atoms. The topological polar surface area (TPSA) is 145 Å². The number of para-hydroxylation sites is 1. The van der Waals surface area contributed by atoms with Crippen molar-refractivity contribution in [2.45, 2.75) is 25.5 Å². The number of nitrogens with one attached hydrogen (secondary N) is 2. The number of aromatic nitrogens is 4. The molecule has 0 radical (unpaired) electrons. The van der Waals surface area contributed by atoms with Gasteiger partial charge in [0.1, 0.15) is 0 Å². The number of carbonyl (C=O) groups is 2. The highest BCUT2D eigenvalue weighted by molar-refractivity contribution is 7.99. The molecule has 13 heteroatoms. The fourth-order valence-corrected chi connectivity index (χ4v) is 5.72. The monoisotopic (exact) mass is 573 g/mol. The number of hydrogen-bond donors (Lipinski definition) is 2. The largest absolute Gasteiger partial charge is 0.345 e. The number of aryl methyl sites for hydroxylation is 1. The molecule has 0 saturated heterocycles. The number of carbonyl (C=O) groups excluding carboxylic acids is 2. The van der Waals surface area contributed by atoms with Crippen LogP contribution in [0, 0.1) is 24.0 Å². The molecule has 0 aliphatic rings. The van der Waals surface area contributed by atoms with Gasteiger partial charge in [-0.25, -0.2) is 4.98 Å². The lowest BCUT2D eigenvalue weighted by Gasteiger charge is -2.12. The zero-order valence-electron chi connectivity index (χ0n) is 21.5. The molecule has 202 valence electrons. The van der Waals surface area contributed by atoms with Gasteiger partial charge in [0.15, 0.2) is 16.1 Å². The van der Waals surface area contributed by atoms with E-state index in [2.05, 4.69) is 25.8 Å². The van der Waals surface area contributed by atoms with Gasteiger partial charge in [-0.3, -0.25) is 24.3 Å². The predicted molar refractivity (Wildman–Crippen MR) is 154 cm³/mol. The summed E-state index contributed by atoms with van der Waals surface area (Å²) in [5, 5.41) is 26.5. The number of benzene rings is 3. The lowest BCUT2D eigenvalue weighted by atomic mass is 10.1. The number of nitro groups is 1. The minimum Gasteiger partial charge on any atom is -0.345 e. The van der Waals surface area contributed by atoms with Crippen LogP contribution in [0.25, 0.3) is 15.9 Å². The second-order valence-electron chi connectivity index (χ2n) is 8.79. The van der Waals surface area contributed by atoms with E-state index in [1.165, 1.54) is 48.2 Å². The maximum Gasteiger partial charge on any atom is 0.273 e. The molecule has 5 aromatic rings. The Hall–Kier alpha value is -4.62. The lowest BCUT2D eigenvalue weighted by molar-refractivity contribution is -0.385. The molecular weight excluding hydrogens is 550 g/mol. The first kappa shape index (κ1) is 27.0. The Morgan fingerprint density at radius 3 is 2.62 bits per heavy atom. The second-order valence-corrected chi connectivity index (χ2v) is 10.8. The number of amides is 2. The number of nitro benzene ring substituents is 1. The van der Waals surface area contributed by atoms with Gasteiger partial charge in [-0.2, -0.15) is 0 Å². The van der Waals surface area contributed by atoms with Gasteiger partial charge >= 0.3 is 0 Å². The van der Waals surface area contributed by atoms with E-state index in [4.69, 9.17) is 0 Å². The predicted octanol–water partition coefficient (Wildman–Crippen LogP) is 5.06. The third kappa shape index (κ3) is 5.84. The van der Waals surface area contributed by atoms with Crippen molar-refractivity contribution >= 4 is 55.9 Å². The Bertz CT molecular complexity index is 1720. The number of anilines is 1. The van der Waals surface area contributed by atoms with Crippen LogP contribution in [0.2, 0.25) is 0 Å². The third-order valence-corrected chi connectivity index (χ3v) is 7.87. The number of fused-ring (bicyclic) bond motifs is 1. The zero-order chi connectivity index (χ0) is 28.2. The average molecular weight is 574 g/mol. The van der Waals surface area contributed by atoms with Crippen molar-refractivity contribution in [2.24, 2.45) is 0 Å². The molecule has 40 heavy (non-hydrogen) atoms. The van der Waals surface area contributed by atoms with Gasteiger partial charge in [0.2, 0.25) is 5.91 Å². The fourth-order valence-electron chi connectivity index (χ4n) is 4.07. The van der Waals surface area contributed by atoms with Crippen molar-refractivity contribution in [2.75, 3.05) is 11.1 Å². The van der Waals surface area contributed by atoms with E-state index in [0.717, 1.165) is 21.5 Å². The van der Waals surface area contributed by atoms with Crippen LogP contribution in [0.15, 0.2) is 71.9 Å². The van der Waals surface area contributed by atoms with Crippen molar-refractivity contribution in [1.82, 2.24) is 25.1 Å². The van der Waals surface area contributed by atoms with Crippen molar-refractivity contribution in [3.63, 3.8) is 0 Å². The van der Waals surface area contributed by atoms with Gasteiger partial charge in [0.25, 0.3) is 11.6 Å². The maximum absolute atomic E-state index is 12.9. The summed E-state index contributed by atoms with van der Waals surface area (Å²) >= 11 is 2.61. The maximum atomic E-state index is 12.9. The molecule has 2 heterocycles. The minimum absolute atomic E-state index is 0.0143. The minimum atomic E-state index is -0.517. The summed E-state index contributed by atoms with van der Waals surface area (Å²) in [4.78, 5) is 40.8. The Kier molecular flexibility index (Phi) is 7.84. The summed E-state index contributed by atoms with van der Waals surface area (Å²) in [5.41, 5.74) is 2.96. The fraction of sp³-hybridized carbons (Fsp3) is 0.148. The van der Waals surface area contributed by atoms with Gasteiger partial charge in [-0.05, 0) is 49.7 Å². The van der Waals surface area contributed by atoms with Crippen LogP contribution in [-0.2, 0) is 11.3 Å². The van der Waals surface area contributed by atoms with Gasteiger partial charge in [-0.15, -0.1) is 10.2 Å². The van der Waals surface area contributed by atoms with Crippen LogP contribution in [0.1, 0.15) is 27.3 Å². The number of thioether (sulfide) groups is 1. The standard InChI is InChI=1S/C27H23N7O4S2/c1-16-7-5-8-18(13-16)33-23(14-28-25(36)19-9-6-11-21(17(19)2)34(37)38)31-32-27(33)39-15-24(35)30-26-29-20-10-3-4-12-22(20)40-26/h3-13H,14-15H2,1-2H3,(H,28,36)(H,29,30,35). The number of hydrogen-bond acceptors (Lipinski definition) is 9. The van der Waals surface area contributed by atoms with Crippen molar-refractivity contribution in [3.8, 4) is 5.69 Å². The number of thiazole rings is 1. The first-order valence-corrected chi connectivity index (χ1v) is 13.9. The quantitative estimate of drug-likeness (QED) is 0.141. The van der Waals surface area contributed by atoms with E-state index in [9.17, 15) is 19.7 Å². The zero-order valence-corrected chi connectivity index (χ0v) is 23.1. The molecule has 3 aromatic carbocycles. The summed E-state index contributed by atoms with van der Waals surface area (Å²) in [5.74, 6) is -0.196. The molecule has 0 atom stereocenters. The second kappa shape index (κ2) is 11.6. The molecule has 0 saturated carbocycles. The van der Waals surface area contributed by atoms with Crippen molar-refractivity contribution < 1.29 is 14.5 Å². The molecule has 5 rings (SSSR count). The summed E-state index contributed by atoms with van der Waals surface area (Å²) in [6.45, 7) is 3.51. The van der Waals surface area contributed by atoms with E-state index in [0.29, 0.717) is 16.1 Å². The number of nitrogens with zero attached hydrogens (tertiary/aromatic N) is 5. The molecule has 11 nitrogen and oxygen atoms in total. The Balaban J connectivity index is 1.33. The molecule has 2 N–H and O–H groups in total. The van der Waals surface area contributed by atoms with E-state index in [-0.39, 0.29) is 35.0 Å². The SMILES string of the molecule is Cc1cccc(-n2c(CNC(=O)c3cccc([N+](=O)[O-])c3C)nnc2SCC(=O)Nc2nc3ccccc3s2)c1. The van der Waals surface area contributed by atoms with E-state index in [1.54, 1.807) is 4.57 Å². The van der Waals surface area contributed by atoms with Crippen molar-refractivity contribution in [3.05, 3.63) is 99.4 Å². The highest BCUT2D eigenvalue weighted by Gasteiger charge is 2.20. The van der Waals surface area contributed by atoms with Gasteiger partial charge in [0, 0.05) is 22.9 Å². The molecule has 0 unspecified atom stereocenters. The van der Waals surface area contributed by atoms with Crippen LogP contribution in [0.5, 0.6) is 0 Å². The summed E-state index contributed by atoms with van der Waals surface area (Å²) in [6.07, 6.45) is 0. The van der Waals surface area contributed by atoms with Crippen LogP contribution in [0.3, 0.4) is 0 Å². The van der Waals surface area contributed by atoms with E-state index in [1.807, 2.05) is 55.5 Å². The lowest BCUT2D eigenvalue weighted by Crippen LogP contribution is -2.25. The van der Waals surface area contributed by atoms with Gasteiger partial charge in [0.05, 0.1) is 27.4 Å². The third-order valence-electron chi connectivity index (χ3n) is 5.99. The average Bonchev–Trinajstić information content (AvgIpc) is 3.53. The summed E-state index contributed by atoms with van der Waals surface area (Å²) in [7, 11) is 0. The normalized spacial score (nSPS) is 10.9. The Labute approximate surface area is 236 Å². The molecule has 0 bridgehead atoms. The highest BCUT2D eigenvalue weighted by Crippen LogP contribution is 2.27. The van der Waals surface area contributed by atoms with Gasteiger partial charge < -0.3 is 10.6 Å². The smallest absolute Gasteiger partial charge is 0.273 e. The van der Waals surface area contributed by atoms with Crippen LogP contribution >= 0.6 is 23.1 Å². The van der Waals surface area contributed by atoms with Gasteiger partial charge in [-0.1, -0.05) is 53.4 Å². The molecule has 2 amide bonds. The van der Waals surface area contributed by atoms with Crippen LogP contribution in [-0.4, -0.2) is 42.2 Å². The Morgan fingerprint density at radius 2 is 1.85 bits per heavy atom. The highest BCUT2D eigenvalue weighted by atomic mass is 32.2. The molecule has 2 aromatic heterocycles. The van der Waals surface area contributed by atoms with Crippen molar-refractivity contribution in [1.29, 1.82) is 0 Å². The summed E-state index contributed by atoms with van der Waals surface area (Å²) in [6, 6.07) is 19.7. The summed E-state index contributed by atoms with van der Waals surface area (Å²) < 4.78 is 2.76. The van der Waals surface area contributed by atoms with E-state index < -0.39 is 10.8 Å². The number of rotatable bonds is 9. The van der Waals surface area contributed by atoms with E-state index >= 15 is 0 Å². The first-order valence-electron chi connectivity index (χ1n) is 12.1. The molecule has 0 aliphatic heterocycles. The Morgan fingerprint density at radius 1 is 1.05 bits per heavy atom. The molecular formula is C27H23N7O4S2. The van der Waals surface area contributed by atoms with Crippen LogP contribution in [0.4, 0.5) is 10.8 Å². The van der Waals surface area contributed by atoms with Crippen LogP contribution < -0.4 is 10.6 Å². The molecule has 0 fully saturated rings. The molecule has 0 aliphatic carbocycles. The first-order chi connectivity index (χ1) is 19.3.